The molecule has 0 aromatic rings. The second-order valence-corrected chi connectivity index (χ2v) is 34.9. The van der Waals surface area contributed by atoms with Gasteiger partial charge in [0.2, 0.25) is 0 Å². The van der Waals surface area contributed by atoms with Crippen LogP contribution in [0.3, 0.4) is 0 Å². The van der Waals surface area contributed by atoms with Crippen LogP contribution in [0, 0.1) is 0 Å². The first-order valence-electron chi connectivity index (χ1n) is 7.43. The Morgan fingerprint density at radius 1 is 1.06 bits per heavy atom. The Hall–Kier alpha value is 0.439. The van der Waals surface area contributed by atoms with Crippen LogP contribution in [0.1, 0.15) is 6.92 Å². The molecule has 5 unspecified atom stereocenters. The molecule has 0 radical (unpaired) electrons. The van der Waals surface area contributed by atoms with Gasteiger partial charge in [-0.15, -0.1) is 0 Å². The molecule has 0 bridgehead atoms. The third-order valence-electron chi connectivity index (χ3n) is 15.7. The van der Waals surface area contributed by atoms with Crippen LogP contribution < -0.4 is 0 Å². The third-order valence-corrected chi connectivity index (χ3v) is 58.6. The predicted molar refractivity (Wildman–Crippen MR) is 58.9 cm³/mol. The summed E-state index contributed by atoms with van der Waals surface area (Å²) in [6.07, 6.45) is -0.261. The molecule has 10 aliphatic heterocycles. The van der Waals surface area contributed by atoms with Crippen molar-refractivity contribution >= 4 is 0 Å². The minimum absolute atomic E-state index is 0.261. The fraction of sp³-hybridized carbons (Fsp3) is 1.00. The normalized spacial score (nSPS) is 121. The van der Waals surface area contributed by atoms with Gasteiger partial charge < -0.3 is 0 Å². The molecule has 0 amide bonds. The third kappa shape index (κ3) is 0.0705. The van der Waals surface area contributed by atoms with Crippen LogP contribution in [0.2, 0.25) is 47.7 Å². The van der Waals surface area contributed by atoms with Crippen molar-refractivity contribution < 1.29 is 16.4 Å². The van der Waals surface area contributed by atoms with Crippen molar-refractivity contribution in [1.29, 1.82) is 0 Å². The van der Waals surface area contributed by atoms with Crippen molar-refractivity contribution in [3.05, 3.63) is 0 Å². The number of hydrogen-bond donors (Lipinski definition) is 1. The van der Waals surface area contributed by atoms with Crippen molar-refractivity contribution in [2.75, 3.05) is 13.2 Å². The summed E-state index contributed by atoms with van der Waals surface area (Å²) in [7, 11) is 0. The summed E-state index contributed by atoms with van der Waals surface area (Å²) in [6.45, 7) is 0.748. The summed E-state index contributed by atoms with van der Waals surface area (Å²) >= 11 is 0. The molecule has 10 heterocycles. The number of aliphatic hydroxyl groups is 1. The first kappa shape index (κ1) is 6.74. The van der Waals surface area contributed by atoms with Crippen molar-refractivity contribution in [3.63, 3.8) is 0 Å². The quantitative estimate of drug-likeness (QED) is 0.798. The first-order chi connectivity index (χ1) is 7.96. The number of fused-ring (bicyclic) bond motifs is 10. The zero-order valence-corrected chi connectivity index (χ0v) is 11.0. The number of rotatable bonds is 4. The topological polar surface area (TPSA) is 29.5 Å². The molecule has 0 aromatic carbocycles. The van der Waals surface area contributed by atoms with E-state index in [1.807, 2.05) is 6.92 Å². The van der Waals surface area contributed by atoms with Crippen molar-refractivity contribution in [2.45, 2.75) is 60.7 Å². The van der Waals surface area contributed by atoms with Crippen LogP contribution in [0.4, 0.5) is 0 Å². The van der Waals surface area contributed by atoms with E-state index in [1.54, 1.807) is 0 Å². The van der Waals surface area contributed by atoms with Crippen LogP contribution >= 0.6 is 0 Å². The summed E-state index contributed by atoms with van der Waals surface area (Å²) in [5.74, 6) is 0. The number of aliphatic hydroxyl groups excluding tert-OH is 1. The first-order valence-corrected chi connectivity index (χ1v) is 13.7. The molecule has 10 aliphatic rings. The van der Waals surface area contributed by atoms with E-state index >= 15 is 0 Å². The summed E-state index contributed by atoms with van der Waals surface area (Å²) in [6, 6.07) is 0. The van der Waals surface area contributed by atoms with E-state index in [0.29, 0.717) is 6.61 Å². The maximum atomic E-state index is 9.40. The van der Waals surface area contributed by atoms with Crippen LogP contribution in [0.25, 0.3) is 0 Å². The van der Waals surface area contributed by atoms with E-state index in [4.69, 9.17) is 4.74 Å². The van der Waals surface area contributed by atoms with Gasteiger partial charge in [-0.1, -0.05) is 0 Å². The van der Waals surface area contributed by atoms with Crippen LogP contribution in [0.15, 0.2) is 0 Å². The van der Waals surface area contributed by atoms with Gasteiger partial charge in [0.15, 0.2) is 0 Å². The molecule has 5 atom stereocenters. The van der Waals surface area contributed by atoms with E-state index < -0.39 is 6.51 Å². The molecule has 17 heavy (non-hydrogen) atoms. The second-order valence-electron chi connectivity index (χ2n) is 11.2. The Morgan fingerprint density at radius 3 is 1.88 bits per heavy atom. The standard InChI is InChI=1S/C9H13O2.C5H5.Fe/c1-8(10)6-11-7-9-4-2-3-5-9;1-2-4-5-3-1;/h2-5,8,10H,6-7H2,1H3;1-5H;. The number of ether oxygens (including phenoxy) is 1. The summed E-state index contributed by atoms with van der Waals surface area (Å²) in [5.41, 5.74) is 0. The molecule has 10 fully saturated rings. The average Bonchev–Trinajstić information content (AvgIpc) is 3.24. The molecule has 0 aliphatic carbocycles. The monoisotopic (exact) mass is 274 g/mol. The van der Waals surface area contributed by atoms with Gasteiger partial charge in [0.25, 0.3) is 0 Å². The molecule has 1 spiro atoms. The second kappa shape index (κ2) is 0.550. The van der Waals surface area contributed by atoms with Gasteiger partial charge in [-0.25, -0.2) is 0 Å². The molecule has 94 valence electrons. The van der Waals surface area contributed by atoms with Gasteiger partial charge in [-0.3, -0.25) is 0 Å². The molecule has 0 saturated carbocycles. The van der Waals surface area contributed by atoms with Gasteiger partial charge in [-0.2, -0.15) is 0 Å². The minimum atomic E-state index is -2.82. The van der Waals surface area contributed by atoms with Crippen molar-refractivity contribution in [2.24, 2.45) is 0 Å². The number of hydrogen-bond acceptors (Lipinski definition) is 2. The summed E-state index contributed by atoms with van der Waals surface area (Å²) in [4.78, 5) is 12.6. The van der Waals surface area contributed by atoms with E-state index in [9.17, 15) is 5.11 Å². The van der Waals surface area contributed by atoms with Gasteiger partial charge in [0.1, 0.15) is 0 Å². The van der Waals surface area contributed by atoms with Gasteiger partial charge >= 0.3 is 90.3 Å². The van der Waals surface area contributed by atoms with Crippen LogP contribution in [-0.4, -0.2) is 24.4 Å². The fourth-order valence-corrected chi connectivity index (χ4v) is 92.0. The van der Waals surface area contributed by atoms with Gasteiger partial charge in [0.05, 0.1) is 0 Å². The molecule has 3 heteroatoms. The molecule has 10 rings (SSSR count). The van der Waals surface area contributed by atoms with E-state index in [0.717, 1.165) is 10.9 Å². The van der Waals surface area contributed by atoms with Crippen LogP contribution in [-0.2, 0) is 11.2 Å². The molecule has 2 nitrogen and oxygen atoms in total. The Bertz CT molecular complexity index is 850. The van der Waals surface area contributed by atoms with Crippen molar-refractivity contribution in [1.82, 2.24) is 0 Å². The summed E-state index contributed by atoms with van der Waals surface area (Å²) < 4.78 is 6.90. The van der Waals surface area contributed by atoms with E-state index in [1.165, 1.54) is 43.3 Å². The maximum absolute atomic E-state index is 9.40. The zero-order valence-electron chi connectivity index (χ0n) is 9.90. The predicted octanol–water partition coefficient (Wildman–Crippen LogP) is 3.14. The average molecular weight is 274 g/mol. The Morgan fingerprint density at radius 2 is 1.59 bits per heavy atom. The fourth-order valence-electron chi connectivity index (χ4n) is 17.4. The Balaban J connectivity index is 1.35. The van der Waals surface area contributed by atoms with E-state index in [2.05, 4.69) is 0 Å². The van der Waals surface area contributed by atoms with Crippen molar-refractivity contribution in [3.8, 4) is 0 Å². The Kier molecular flexibility index (Phi) is 0.218. The molecular weight excluding hydrogens is 256 g/mol. The summed E-state index contributed by atoms with van der Waals surface area (Å²) in [5, 5.41) is 9.40. The van der Waals surface area contributed by atoms with Gasteiger partial charge in [-0.05, 0) is 0 Å². The zero-order chi connectivity index (χ0) is 10.7. The van der Waals surface area contributed by atoms with Crippen LogP contribution in [0.5, 0.6) is 0 Å². The van der Waals surface area contributed by atoms with E-state index in [-0.39, 0.29) is 6.10 Å². The Labute approximate surface area is 90.4 Å². The molecular formula is C14H18FeO2. The van der Waals surface area contributed by atoms with Gasteiger partial charge in [0, 0.05) is 0 Å². The molecule has 10 saturated heterocycles. The molecule has 0 aromatic heterocycles. The molecule has 1 N–H and O–H groups in total. The SMILES string of the molecule is CC(O)COC[C]12[CH]3[CH]4[CH]5[CH]1[Fe]45321678[CH]2[CH]1[CH]6[CH]7[CH]28.